The molecule has 0 atom stereocenters. The summed E-state index contributed by atoms with van der Waals surface area (Å²) in [5, 5.41) is 0. The van der Waals surface area contributed by atoms with E-state index in [4.69, 9.17) is 14.9 Å². The molecular formula is C20H28N4O5. The van der Waals surface area contributed by atoms with Gasteiger partial charge in [-0.3, -0.25) is 13.9 Å². The number of hydrogen-bond acceptors (Lipinski definition) is 7. The monoisotopic (exact) mass is 404 g/mol. The van der Waals surface area contributed by atoms with Crippen LogP contribution >= 0.6 is 0 Å². The van der Waals surface area contributed by atoms with Crippen molar-refractivity contribution in [3.05, 3.63) is 44.0 Å². The minimum Gasteiger partial charge on any atom is -0.465 e. The highest BCUT2D eigenvalue weighted by atomic mass is 16.5. The summed E-state index contributed by atoms with van der Waals surface area (Å²) in [6.07, 6.45) is 3.77. The van der Waals surface area contributed by atoms with Crippen LogP contribution in [0.5, 0.6) is 0 Å². The zero-order valence-electron chi connectivity index (χ0n) is 17.2. The van der Waals surface area contributed by atoms with E-state index in [9.17, 15) is 14.4 Å². The van der Waals surface area contributed by atoms with Crippen LogP contribution in [-0.4, -0.2) is 35.3 Å². The SMILES string of the molecule is CCCn1c(N)c(N2CCCCC2)c(=O)n(Cc2cc(C(=O)OC)c(C)o2)c1=O. The molecule has 158 valence electrons. The first-order valence-electron chi connectivity index (χ1n) is 9.94. The van der Waals surface area contributed by atoms with Crippen LogP contribution < -0.4 is 21.9 Å². The molecule has 0 saturated carbocycles. The van der Waals surface area contributed by atoms with E-state index in [-0.39, 0.29) is 17.9 Å². The number of ether oxygens (including phenoxy) is 1. The molecule has 1 fully saturated rings. The number of aromatic nitrogens is 2. The Kier molecular flexibility index (Phi) is 6.14. The molecule has 3 rings (SSSR count). The van der Waals surface area contributed by atoms with Gasteiger partial charge in [0.05, 0.1) is 13.7 Å². The highest BCUT2D eigenvalue weighted by molar-refractivity contribution is 5.90. The summed E-state index contributed by atoms with van der Waals surface area (Å²) < 4.78 is 12.9. The van der Waals surface area contributed by atoms with Gasteiger partial charge in [-0.2, -0.15) is 0 Å². The molecule has 3 heterocycles. The lowest BCUT2D eigenvalue weighted by Crippen LogP contribution is -2.46. The maximum absolute atomic E-state index is 13.2. The van der Waals surface area contributed by atoms with Crippen molar-refractivity contribution < 1.29 is 13.9 Å². The van der Waals surface area contributed by atoms with Crippen LogP contribution in [0.3, 0.4) is 0 Å². The Morgan fingerprint density at radius 2 is 1.90 bits per heavy atom. The van der Waals surface area contributed by atoms with E-state index >= 15 is 0 Å². The number of carbonyl (C=O) groups excluding carboxylic acids is 1. The maximum Gasteiger partial charge on any atom is 0.341 e. The Morgan fingerprint density at radius 3 is 2.52 bits per heavy atom. The van der Waals surface area contributed by atoms with Gasteiger partial charge in [0.25, 0.3) is 5.56 Å². The first kappa shape index (κ1) is 20.8. The van der Waals surface area contributed by atoms with Crippen LogP contribution in [0, 0.1) is 6.92 Å². The number of hydrogen-bond donors (Lipinski definition) is 1. The Morgan fingerprint density at radius 1 is 1.21 bits per heavy atom. The summed E-state index contributed by atoms with van der Waals surface area (Å²) in [5.74, 6) is 0.394. The average molecular weight is 404 g/mol. The maximum atomic E-state index is 13.2. The van der Waals surface area contributed by atoms with Gasteiger partial charge in [0.15, 0.2) is 0 Å². The molecule has 1 aliphatic heterocycles. The summed E-state index contributed by atoms with van der Waals surface area (Å²) in [7, 11) is 1.28. The lowest BCUT2D eigenvalue weighted by Gasteiger charge is -2.30. The van der Waals surface area contributed by atoms with Crippen LogP contribution in [0.4, 0.5) is 11.5 Å². The fraction of sp³-hybridized carbons (Fsp3) is 0.550. The smallest absolute Gasteiger partial charge is 0.341 e. The fourth-order valence-corrected chi connectivity index (χ4v) is 3.78. The van der Waals surface area contributed by atoms with E-state index in [0.29, 0.717) is 30.2 Å². The zero-order valence-corrected chi connectivity index (χ0v) is 17.2. The molecule has 2 aromatic heterocycles. The van der Waals surface area contributed by atoms with E-state index in [1.807, 2.05) is 11.8 Å². The number of piperidine rings is 1. The van der Waals surface area contributed by atoms with Gasteiger partial charge in [-0.15, -0.1) is 0 Å². The van der Waals surface area contributed by atoms with E-state index in [1.165, 1.54) is 17.7 Å². The molecule has 0 unspecified atom stereocenters. The topological polar surface area (TPSA) is 113 Å². The molecule has 0 amide bonds. The third kappa shape index (κ3) is 3.94. The van der Waals surface area contributed by atoms with E-state index in [2.05, 4.69) is 0 Å². The molecule has 2 N–H and O–H groups in total. The molecule has 0 aromatic carbocycles. The Bertz CT molecular complexity index is 1010. The molecule has 0 bridgehead atoms. The number of carbonyl (C=O) groups is 1. The van der Waals surface area contributed by atoms with Crippen molar-refractivity contribution in [2.75, 3.05) is 30.8 Å². The van der Waals surface area contributed by atoms with Crippen LogP contribution in [0.1, 0.15) is 54.5 Å². The van der Waals surface area contributed by atoms with Crippen molar-refractivity contribution in [3.63, 3.8) is 0 Å². The van der Waals surface area contributed by atoms with Gasteiger partial charge in [0.2, 0.25) is 0 Å². The van der Waals surface area contributed by atoms with E-state index in [0.717, 1.165) is 36.9 Å². The van der Waals surface area contributed by atoms with Crippen molar-refractivity contribution in [3.8, 4) is 0 Å². The Hall–Kier alpha value is -2.97. The normalized spacial score (nSPS) is 14.2. The molecule has 0 spiro atoms. The minimum absolute atomic E-state index is 0.0830. The summed E-state index contributed by atoms with van der Waals surface area (Å²) in [6.45, 7) is 5.37. The Labute approximate surface area is 168 Å². The van der Waals surface area contributed by atoms with E-state index in [1.54, 1.807) is 6.92 Å². The predicted molar refractivity (Wildman–Crippen MR) is 110 cm³/mol. The van der Waals surface area contributed by atoms with Crippen LogP contribution in [0.2, 0.25) is 0 Å². The highest BCUT2D eigenvalue weighted by Crippen LogP contribution is 2.22. The van der Waals surface area contributed by atoms with Crippen molar-refractivity contribution in [1.29, 1.82) is 0 Å². The average Bonchev–Trinajstić information content (AvgIpc) is 3.09. The predicted octanol–water partition coefficient (Wildman–Crippen LogP) is 1.73. The lowest BCUT2D eigenvalue weighted by molar-refractivity contribution is 0.0599. The van der Waals surface area contributed by atoms with Gasteiger partial charge >= 0.3 is 11.7 Å². The second-order valence-corrected chi connectivity index (χ2v) is 7.28. The second-order valence-electron chi connectivity index (χ2n) is 7.28. The van der Waals surface area contributed by atoms with Gasteiger partial charge in [-0.05, 0) is 38.7 Å². The molecule has 9 heteroatoms. The molecule has 1 aliphatic rings. The molecule has 29 heavy (non-hydrogen) atoms. The number of anilines is 2. The second kappa shape index (κ2) is 8.59. The third-order valence-corrected chi connectivity index (χ3v) is 5.25. The highest BCUT2D eigenvalue weighted by Gasteiger charge is 2.24. The van der Waals surface area contributed by atoms with Gasteiger partial charge in [-0.25, -0.2) is 9.59 Å². The number of aryl methyl sites for hydroxylation is 1. The molecule has 1 saturated heterocycles. The molecule has 0 radical (unpaired) electrons. The van der Waals surface area contributed by atoms with Crippen molar-refractivity contribution in [2.24, 2.45) is 0 Å². The van der Waals surface area contributed by atoms with Gasteiger partial charge in [-0.1, -0.05) is 6.92 Å². The van der Waals surface area contributed by atoms with Gasteiger partial charge in [0.1, 0.15) is 28.6 Å². The number of rotatable bonds is 6. The summed E-state index contributed by atoms with van der Waals surface area (Å²) in [4.78, 5) is 40.1. The molecule has 9 nitrogen and oxygen atoms in total. The molecule has 2 aromatic rings. The van der Waals surface area contributed by atoms with Crippen LogP contribution in [-0.2, 0) is 17.8 Å². The van der Waals surface area contributed by atoms with Gasteiger partial charge in [0, 0.05) is 19.6 Å². The van der Waals surface area contributed by atoms with Crippen molar-refractivity contribution in [1.82, 2.24) is 9.13 Å². The summed E-state index contributed by atoms with van der Waals surface area (Å²) >= 11 is 0. The number of esters is 1. The quantitative estimate of drug-likeness (QED) is 0.730. The third-order valence-electron chi connectivity index (χ3n) is 5.25. The van der Waals surface area contributed by atoms with Crippen molar-refractivity contribution >= 4 is 17.5 Å². The largest absolute Gasteiger partial charge is 0.465 e. The number of nitrogens with zero attached hydrogens (tertiary/aromatic N) is 3. The summed E-state index contributed by atoms with van der Waals surface area (Å²) in [6, 6.07) is 1.51. The zero-order chi connectivity index (χ0) is 21.1. The first-order valence-corrected chi connectivity index (χ1v) is 9.94. The number of nitrogens with two attached hydrogens (primary N) is 1. The standard InChI is InChI=1S/C20H28N4O5/c1-4-8-23-17(21)16(22-9-6-5-7-10-22)18(25)24(20(23)27)12-14-11-15(13(2)29-14)19(26)28-3/h11H,4-10,12,21H2,1-3H3. The number of methoxy groups -OCH3 is 1. The number of furan rings is 1. The van der Waals surface area contributed by atoms with E-state index < -0.39 is 17.2 Å². The minimum atomic E-state index is -0.528. The van der Waals surface area contributed by atoms with Crippen molar-refractivity contribution in [2.45, 2.75) is 52.6 Å². The van der Waals surface area contributed by atoms with Crippen LogP contribution in [0.25, 0.3) is 0 Å². The van der Waals surface area contributed by atoms with Gasteiger partial charge < -0.3 is 19.8 Å². The molecule has 0 aliphatic carbocycles. The lowest BCUT2D eigenvalue weighted by atomic mass is 10.1. The summed E-state index contributed by atoms with van der Waals surface area (Å²) in [5.41, 5.74) is 6.00. The molecular weight excluding hydrogens is 376 g/mol. The Balaban J connectivity index is 2.10. The number of nitrogen functional groups attached to an aromatic ring is 1. The van der Waals surface area contributed by atoms with Crippen LogP contribution in [0.15, 0.2) is 20.1 Å². The first-order chi connectivity index (χ1) is 13.9. The fourth-order valence-electron chi connectivity index (χ4n) is 3.78.